The lowest BCUT2D eigenvalue weighted by Gasteiger charge is -2.23. The maximum absolute atomic E-state index is 12.9. The van der Waals surface area contributed by atoms with Gasteiger partial charge in [-0.05, 0) is 49.1 Å². The van der Waals surface area contributed by atoms with Crippen molar-refractivity contribution < 1.29 is 14.6 Å². The van der Waals surface area contributed by atoms with E-state index in [1.165, 1.54) is 0 Å². The SMILES string of the molecule is COc1ccc(-c2ccc(Cl)cc2Cl)cc1C1=C(O)[C@@H]2CC[C@@H](C2)C1=O. The van der Waals surface area contributed by atoms with Crippen LogP contribution in [0.1, 0.15) is 24.8 Å². The van der Waals surface area contributed by atoms with E-state index in [0.29, 0.717) is 26.9 Å². The molecule has 2 aliphatic carbocycles. The summed E-state index contributed by atoms with van der Waals surface area (Å²) < 4.78 is 5.47. The van der Waals surface area contributed by atoms with Crippen molar-refractivity contribution in [2.45, 2.75) is 19.3 Å². The minimum Gasteiger partial charge on any atom is -0.511 e. The number of halogens is 2. The molecule has 2 aliphatic rings. The monoisotopic (exact) mass is 388 g/mol. The zero-order chi connectivity index (χ0) is 18.4. The highest BCUT2D eigenvalue weighted by atomic mass is 35.5. The summed E-state index contributed by atoms with van der Waals surface area (Å²) in [4.78, 5) is 12.9. The van der Waals surface area contributed by atoms with Crippen molar-refractivity contribution in [1.82, 2.24) is 0 Å². The summed E-state index contributed by atoms with van der Waals surface area (Å²) in [5, 5.41) is 11.8. The van der Waals surface area contributed by atoms with Gasteiger partial charge in [-0.15, -0.1) is 0 Å². The van der Waals surface area contributed by atoms with Crippen LogP contribution in [0.5, 0.6) is 5.75 Å². The Hall–Kier alpha value is -1.97. The van der Waals surface area contributed by atoms with Gasteiger partial charge in [0, 0.05) is 33.0 Å². The third kappa shape index (κ3) is 2.80. The van der Waals surface area contributed by atoms with Crippen LogP contribution >= 0.6 is 23.2 Å². The Balaban J connectivity index is 1.88. The van der Waals surface area contributed by atoms with Crippen LogP contribution in [0.2, 0.25) is 10.0 Å². The molecule has 0 heterocycles. The molecule has 3 nitrogen and oxygen atoms in total. The molecule has 2 aromatic carbocycles. The number of aliphatic hydroxyl groups excluding tert-OH is 1. The molecule has 1 N–H and O–H groups in total. The summed E-state index contributed by atoms with van der Waals surface area (Å²) in [6.45, 7) is 0. The molecule has 0 unspecified atom stereocenters. The number of rotatable bonds is 3. The van der Waals surface area contributed by atoms with E-state index in [9.17, 15) is 9.90 Å². The highest BCUT2D eigenvalue weighted by Crippen LogP contribution is 2.47. The van der Waals surface area contributed by atoms with Gasteiger partial charge in [0.1, 0.15) is 11.5 Å². The van der Waals surface area contributed by atoms with Gasteiger partial charge < -0.3 is 9.84 Å². The van der Waals surface area contributed by atoms with E-state index in [-0.39, 0.29) is 23.4 Å². The average molecular weight is 389 g/mol. The molecule has 2 aromatic rings. The van der Waals surface area contributed by atoms with Gasteiger partial charge >= 0.3 is 0 Å². The first kappa shape index (κ1) is 17.4. The Morgan fingerprint density at radius 1 is 1.04 bits per heavy atom. The fraction of sp³-hybridized carbons (Fsp3) is 0.286. The van der Waals surface area contributed by atoms with Crippen LogP contribution in [-0.4, -0.2) is 18.0 Å². The van der Waals surface area contributed by atoms with E-state index in [0.717, 1.165) is 30.4 Å². The number of fused-ring (bicyclic) bond motifs is 2. The third-order valence-corrected chi connectivity index (χ3v) is 5.95. The van der Waals surface area contributed by atoms with Gasteiger partial charge in [-0.25, -0.2) is 0 Å². The van der Waals surface area contributed by atoms with E-state index in [1.807, 2.05) is 18.2 Å². The number of carbonyl (C=O) groups is 1. The molecule has 134 valence electrons. The topological polar surface area (TPSA) is 46.5 Å². The highest BCUT2D eigenvalue weighted by molar-refractivity contribution is 6.36. The third-order valence-electron chi connectivity index (χ3n) is 5.40. The second kappa shape index (κ2) is 6.64. The number of hydrogen-bond acceptors (Lipinski definition) is 3. The fourth-order valence-corrected chi connectivity index (χ4v) is 4.59. The number of benzene rings is 2. The molecule has 0 spiro atoms. The maximum Gasteiger partial charge on any atom is 0.170 e. The summed E-state index contributed by atoms with van der Waals surface area (Å²) in [6.07, 6.45) is 2.44. The predicted octanol–water partition coefficient (Wildman–Crippen LogP) is 5.94. The zero-order valence-electron chi connectivity index (χ0n) is 14.3. The largest absolute Gasteiger partial charge is 0.511 e. The number of hydrogen-bond donors (Lipinski definition) is 1. The van der Waals surface area contributed by atoms with Crippen LogP contribution in [0.3, 0.4) is 0 Å². The van der Waals surface area contributed by atoms with Gasteiger partial charge in [-0.3, -0.25) is 4.79 Å². The highest BCUT2D eigenvalue weighted by Gasteiger charge is 2.42. The van der Waals surface area contributed by atoms with E-state index >= 15 is 0 Å². The summed E-state index contributed by atoms with van der Waals surface area (Å²) in [5.41, 5.74) is 2.67. The van der Waals surface area contributed by atoms with Crippen molar-refractivity contribution in [3.63, 3.8) is 0 Å². The molecule has 4 rings (SSSR count). The van der Waals surface area contributed by atoms with E-state index in [4.69, 9.17) is 27.9 Å². The van der Waals surface area contributed by atoms with Gasteiger partial charge in [0.2, 0.25) is 0 Å². The Labute approximate surface area is 162 Å². The molecule has 26 heavy (non-hydrogen) atoms. The number of allylic oxidation sites excluding steroid dienone is 2. The van der Waals surface area contributed by atoms with Crippen molar-refractivity contribution in [3.05, 3.63) is 57.8 Å². The van der Waals surface area contributed by atoms with Gasteiger partial charge in [0.05, 0.1) is 12.7 Å². The molecule has 0 amide bonds. The number of carbonyl (C=O) groups excluding carboxylic acids is 1. The summed E-state index contributed by atoms with van der Waals surface area (Å²) in [5.74, 6) is 0.837. The van der Waals surface area contributed by atoms with Gasteiger partial charge in [-0.2, -0.15) is 0 Å². The molecule has 0 saturated heterocycles. The number of methoxy groups -OCH3 is 1. The number of Topliss-reactive ketones (excluding diaryl/α,β-unsaturated/α-hetero) is 1. The first-order chi connectivity index (χ1) is 12.5. The molecule has 1 fully saturated rings. The van der Waals surface area contributed by atoms with Crippen LogP contribution in [0.15, 0.2) is 42.2 Å². The number of aliphatic hydroxyl groups is 1. The van der Waals surface area contributed by atoms with Crippen molar-refractivity contribution in [1.29, 1.82) is 0 Å². The zero-order valence-corrected chi connectivity index (χ0v) is 15.8. The molecule has 0 aromatic heterocycles. The van der Waals surface area contributed by atoms with Crippen molar-refractivity contribution >= 4 is 34.6 Å². The predicted molar refractivity (Wildman–Crippen MR) is 104 cm³/mol. The van der Waals surface area contributed by atoms with Gasteiger partial charge in [0.15, 0.2) is 5.78 Å². The lowest BCUT2D eigenvalue weighted by atomic mass is 9.82. The van der Waals surface area contributed by atoms with Crippen molar-refractivity contribution in [2.75, 3.05) is 7.11 Å². The molecule has 2 atom stereocenters. The molecule has 0 radical (unpaired) electrons. The van der Waals surface area contributed by atoms with Crippen molar-refractivity contribution in [2.24, 2.45) is 11.8 Å². The minimum atomic E-state index is -0.00150. The average Bonchev–Trinajstić information content (AvgIpc) is 3.07. The summed E-state index contributed by atoms with van der Waals surface area (Å²) >= 11 is 12.3. The van der Waals surface area contributed by atoms with Crippen LogP contribution < -0.4 is 4.74 Å². The number of ether oxygens (including phenoxy) is 1. The lowest BCUT2D eigenvalue weighted by molar-refractivity contribution is -0.117. The normalized spacial score (nSPS) is 22.0. The standard InChI is InChI=1S/C21H18Cl2O3/c1-26-18-7-4-11(15-6-5-14(22)10-17(15)23)9-16(18)19-20(24)12-2-3-13(8-12)21(19)25/h4-7,9-10,12-13,24H,2-3,8H2,1H3/t12-,13+/m1/s1. The number of ketones is 1. The van der Waals surface area contributed by atoms with Crippen LogP contribution in [0, 0.1) is 11.8 Å². The molecular weight excluding hydrogens is 371 g/mol. The van der Waals surface area contributed by atoms with E-state index in [1.54, 1.807) is 25.3 Å². The van der Waals surface area contributed by atoms with Crippen molar-refractivity contribution in [3.8, 4) is 16.9 Å². The minimum absolute atomic E-state index is 0.00150. The Kier molecular flexibility index (Phi) is 4.45. The van der Waals surface area contributed by atoms with Gasteiger partial charge in [-0.1, -0.05) is 35.3 Å². The Morgan fingerprint density at radius 3 is 2.54 bits per heavy atom. The first-order valence-corrected chi connectivity index (χ1v) is 9.36. The lowest BCUT2D eigenvalue weighted by Crippen LogP contribution is -2.21. The van der Waals surface area contributed by atoms with Crippen LogP contribution in [0.25, 0.3) is 16.7 Å². The van der Waals surface area contributed by atoms with Crippen LogP contribution in [-0.2, 0) is 4.79 Å². The molecule has 1 saturated carbocycles. The second-order valence-corrected chi connectivity index (χ2v) is 7.71. The molecule has 0 aliphatic heterocycles. The van der Waals surface area contributed by atoms with Crippen LogP contribution in [0.4, 0.5) is 0 Å². The summed E-state index contributed by atoms with van der Waals surface area (Å²) in [7, 11) is 1.56. The maximum atomic E-state index is 12.9. The van der Waals surface area contributed by atoms with E-state index < -0.39 is 0 Å². The van der Waals surface area contributed by atoms with E-state index in [2.05, 4.69) is 0 Å². The first-order valence-electron chi connectivity index (χ1n) is 8.60. The Morgan fingerprint density at radius 2 is 1.81 bits per heavy atom. The fourth-order valence-electron chi connectivity index (χ4n) is 4.07. The molecule has 5 heteroatoms. The summed E-state index contributed by atoms with van der Waals surface area (Å²) in [6, 6.07) is 10.9. The Bertz CT molecular complexity index is 933. The quantitative estimate of drug-likeness (QED) is 0.707. The smallest absolute Gasteiger partial charge is 0.170 e. The molecule has 2 bridgehead atoms. The van der Waals surface area contributed by atoms with Gasteiger partial charge in [0.25, 0.3) is 0 Å². The molecular formula is C21H18Cl2O3. The second-order valence-electron chi connectivity index (χ2n) is 6.87.